The molecule has 0 atom stereocenters. The second kappa shape index (κ2) is 17.0. The van der Waals surface area contributed by atoms with E-state index in [0.29, 0.717) is 6.61 Å². The van der Waals surface area contributed by atoms with Gasteiger partial charge in [0.2, 0.25) is 0 Å². The van der Waals surface area contributed by atoms with Crippen LogP contribution in [0.4, 0.5) is 0 Å². The molecule has 0 aliphatic heterocycles. The molecule has 0 unspecified atom stereocenters. The van der Waals surface area contributed by atoms with Gasteiger partial charge in [0, 0.05) is 0 Å². The van der Waals surface area contributed by atoms with Crippen LogP contribution in [0.2, 0.25) is 0 Å². The molecule has 0 saturated heterocycles. The molecule has 2 heteroatoms. The standard InChI is InChI=1S/C18H38O2/c1-18(2)16-14-12-10-8-6-4-3-5-7-9-11-13-15-17-20-19/h18-19H,3-17H2,1-2H3. The highest BCUT2D eigenvalue weighted by Gasteiger charge is 1.96. The van der Waals surface area contributed by atoms with Gasteiger partial charge >= 0.3 is 0 Å². The molecule has 0 aromatic rings. The Morgan fingerprint density at radius 2 is 0.950 bits per heavy atom. The molecule has 0 fully saturated rings. The SMILES string of the molecule is CC(C)CCCCCCCCCCCCCCCOO. The molecule has 0 spiro atoms. The van der Waals surface area contributed by atoms with E-state index in [1.807, 2.05) is 0 Å². The minimum atomic E-state index is 0.497. The number of unbranched alkanes of at least 4 members (excludes halogenated alkanes) is 12. The van der Waals surface area contributed by atoms with Gasteiger partial charge in [-0.2, -0.15) is 0 Å². The molecular formula is C18H38O2. The molecule has 0 aromatic heterocycles. The van der Waals surface area contributed by atoms with E-state index in [9.17, 15) is 0 Å². The summed E-state index contributed by atoms with van der Waals surface area (Å²) < 4.78 is 0. The van der Waals surface area contributed by atoms with Gasteiger partial charge in [0.15, 0.2) is 0 Å². The average molecular weight is 286 g/mol. The lowest BCUT2D eigenvalue weighted by molar-refractivity contribution is -0.242. The first-order valence-corrected chi connectivity index (χ1v) is 9.03. The van der Waals surface area contributed by atoms with E-state index in [1.165, 1.54) is 83.5 Å². The van der Waals surface area contributed by atoms with Crippen LogP contribution in [-0.2, 0) is 4.89 Å². The average Bonchev–Trinajstić information content (AvgIpc) is 2.43. The normalized spacial score (nSPS) is 11.4. The highest BCUT2D eigenvalue weighted by Crippen LogP contribution is 2.14. The van der Waals surface area contributed by atoms with E-state index in [4.69, 9.17) is 5.26 Å². The molecule has 0 aliphatic carbocycles. The van der Waals surface area contributed by atoms with Crippen molar-refractivity contribution in [1.29, 1.82) is 0 Å². The Morgan fingerprint density at radius 1 is 0.600 bits per heavy atom. The van der Waals surface area contributed by atoms with E-state index < -0.39 is 0 Å². The van der Waals surface area contributed by atoms with Crippen molar-refractivity contribution in [1.82, 2.24) is 0 Å². The number of hydrogen-bond acceptors (Lipinski definition) is 2. The Morgan fingerprint density at radius 3 is 1.30 bits per heavy atom. The zero-order chi connectivity index (χ0) is 14.9. The Kier molecular flexibility index (Phi) is 16.9. The maximum Gasteiger partial charge on any atom is 0.0819 e. The van der Waals surface area contributed by atoms with Crippen LogP contribution >= 0.6 is 0 Å². The second-order valence-corrected chi connectivity index (χ2v) is 6.61. The van der Waals surface area contributed by atoms with E-state index in [-0.39, 0.29) is 0 Å². The van der Waals surface area contributed by atoms with E-state index in [1.54, 1.807) is 0 Å². The summed E-state index contributed by atoms with van der Waals surface area (Å²) in [4.78, 5) is 4.06. The predicted octanol–water partition coefficient (Wildman–Crippen LogP) is 6.59. The van der Waals surface area contributed by atoms with Crippen LogP contribution in [0.15, 0.2) is 0 Å². The van der Waals surface area contributed by atoms with Crippen LogP contribution in [-0.4, -0.2) is 11.9 Å². The summed E-state index contributed by atoms with van der Waals surface area (Å²) in [7, 11) is 0. The third-order valence-electron chi connectivity index (χ3n) is 4.02. The lowest BCUT2D eigenvalue weighted by Gasteiger charge is -2.04. The first-order valence-electron chi connectivity index (χ1n) is 9.03. The third kappa shape index (κ3) is 17.9. The van der Waals surface area contributed by atoms with Gasteiger partial charge in [-0.05, 0) is 12.3 Å². The zero-order valence-electron chi connectivity index (χ0n) is 14.0. The molecule has 20 heavy (non-hydrogen) atoms. The van der Waals surface area contributed by atoms with E-state index >= 15 is 0 Å². The molecule has 0 heterocycles. The Balaban J connectivity index is 2.92. The van der Waals surface area contributed by atoms with Crippen LogP contribution in [0.25, 0.3) is 0 Å². The van der Waals surface area contributed by atoms with Gasteiger partial charge in [0.1, 0.15) is 0 Å². The van der Waals surface area contributed by atoms with Crippen molar-refractivity contribution in [3.63, 3.8) is 0 Å². The van der Waals surface area contributed by atoms with Crippen molar-refractivity contribution in [2.75, 3.05) is 6.61 Å². The minimum absolute atomic E-state index is 0.497. The van der Waals surface area contributed by atoms with Crippen LogP contribution in [0.1, 0.15) is 104 Å². The third-order valence-corrected chi connectivity index (χ3v) is 4.02. The molecule has 0 aromatic carbocycles. The van der Waals surface area contributed by atoms with Gasteiger partial charge in [-0.25, -0.2) is 4.89 Å². The summed E-state index contributed by atoms with van der Waals surface area (Å²) in [5, 5.41) is 8.18. The van der Waals surface area contributed by atoms with Crippen LogP contribution in [0.3, 0.4) is 0 Å². The molecule has 0 bridgehead atoms. The quantitative estimate of drug-likeness (QED) is 0.197. The first-order chi connectivity index (χ1) is 9.77. The molecule has 0 rings (SSSR count). The lowest BCUT2D eigenvalue weighted by atomic mass is 10.0. The van der Waals surface area contributed by atoms with Gasteiger partial charge in [0.25, 0.3) is 0 Å². The Hall–Kier alpha value is -0.0800. The topological polar surface area (TPSA) is 29.5 Å². The van der Waals surface area contributed by atoms with Crippen molar-refractivity contribution in [2.24, 2.45) is 5.92 Å². The van der Waals surface area contributed by atoms with E-state index in [2.05, 4.69) is 18.7 Å². The Bertz CT molecular complexity index is 169. The summed E-state index contributed by atoms with van der Waals surface area (Å²) in [6, 6.07) is 0. The van der Waals surface area contributed by atoms with Crippen LogP contribution in [0.5, 0.6) is 0 Å². The number of rotatable bonds is 16. The molecule has 0 amide bonds. The van der Waals surface area contributed by atoms with Crippen molar-refractivity contribution < 1.29 is 10.1 Å². The monoisotopic (exact) mass is 286 g/mol. The summed E-state index contributed by atoms with van der Waals surface area (Å²) in [6.07, 6.45) is 19.1. The van der Waals surface area contributed by atoms with Gasteiger partial charge < -0.3 is 0 Å². The smallest absolute Gasteiger partial charge is 0.0819 e. The lowest BCUT2D eigenvalue weighted by Crippen LogP contribution is -1.89. The highest BCUT2D eigenvalue weighted by atomic mass is 17.1. The van der Waals surface area contributed by atoms with Crippen molar-refractivity contribution in [2.45, 2.75) is 104 Å². The first kappa shape index (κ1) is 19.9. The molecule has 0 aliphatic rings. The molecule has 122 valence electrons. The number of hydrogen-bond donors (Lipinski definition) is 1. The predicted molar refractivity (Wildman–Crippen MR) is 88.1 cm³/mol. The minimum Gasteiger partial charge on any atom is -0.252 e. The van der Waals surface area contributed by atoms with Gasteiger partial charge in [-0.15, -0.1) is 0 Å². The maximum atomic E-state index is 8.18. The van der Waals surface area contributed by atoms with Crippen LogP contribution < -0.4 is 0 Å². The fourth-order valence-electron chi connectivity index (χ4n) is 2.66. The van der Waals surface area contributed by atoms with Gasteiger partial charge in [0.05, 0.1) is 6.61 Å². The largest absolute Gasteiger partial charge is 0.252 e. The molecule has 1 N–H and O–H groups in total. The van der Waals surface area contributed by atoms with Crippen LogP contribution in [0, 0.1) is 5.92 Å². The maximum absolute atomic E-state index is 8.18. The van der Waals surface area contributed by atoms with Crippen molar-refractivity contribution in [3.05, 3.63) is 0 Å². The molecular weight excluding hydrogens is 248 g/mol. The summed E-state index contributed by atoms with van der Waals surface area (Å²) in [5.74, 6) is 0.881. The van der Waals surface area contributed by atoms with E-state index in [0.717, 1.165) is 12.3 Å². The van der Waals surface area contributed by atoms with Crippen molar-refractivity contribution in [3.8, 4) is 0 Å². The fraction of sp³-hybridized carbons (Fsp3) is 1.00. The molecule has 0 saturated carbocycles. The molecule has 2 nitrogen and oxygen atoms in total. The Labute approximate surface area is 127 Å². The zero-order valence-corrected chi connectivity index (χ0v) is 14.0. The summed E-state index contributed by atoms with van der Waals surface area (Å²) in [6.45, 7) is 5.14. The highest BCUT2D eigenvalue weighted by molar-refractivity contribution is 4.50. The molecule has 0 radical (unpaired) electrons. The van der Waals surface area contributed by atoms with Crippen molar-refractivity contribution >= 4 is 0 Å². The summed E-state index contributed by atoms with van der Waals surface area (Å²) >= 11 is 0. The van der Waals surface area contributed by atoms with Gasteiger partial charge in [-0.3, -0.25) is 5.26 Å². The summed E-state index contributed by atoms with van der Waals surface area (Å²) in [5.41, 5.74) is 0. The fourth-order valence-corrected chi connectivity index (χ4v) is 2.66. The van der Waals surface area contributed by atoms with Gasteiger partial charge in [-0.1, -0.05) is 97.3 Å². The second-order valence-electron chi connectivity index (χ2n) is 6.61.